The van der Waals surface area contributed by atoms with Crippen molar-refractivity contribution in [1.82, 2.24) is 4.57 Å². The molecule has 0 N–H and O–H groups in total. The molecule has 0 atom stereocenters. The van der Waals surface area contributed by atoms with Crippen LogP contribution in [0.15, 0.2) is 18.3 Å². The van der Waals surface area contributed by atoms with E-state index in [-0.39, 0.29) is 11.8 Å². The van der Waals surface area contributed by atoms with E-state index in [1.807, 2.05) is 0 Å². The Morgan fingerprint density at radius 3 is 2.39 bits per heavy atom. The second kappa shape index (κ2) is 5.25. The minimum atomic E-state index is -0.611. The first-order valence-corrected chi connectivity index (χ1v) is 5.82. The molecule has 100 valence electrons. The van der Waals surface area contributed by atoms with Crippen LogP contribution in [0.25, 0.3) is 0 Å². The van der Waals surface area contributed by atoms with Crippen molar-refractivity contribution in [3.63, 3.8) is 0 Å². The van der Waals surface area contributed by atoms with E-state index in [1.54, 1.807) is 40.7 Å². The predicted octanol–water partition coefficient (Wildman–Crippen LogP) is 2.84. The zero-order valence-corrected chi connectivity index (χ0v) is 11.4. The maximum Gasteiger partial charge on any atom is 0.419 e. The topological polar surface area (TPSA) is 57.5 Å². The number of ether oxygens (including phenoxy) is 2. The number of rotatable bonds is 2. The van der Waals surface area contributed by atoms with Crippen LogP contribution in [-0.4, -0.2) is 28.3 Å². The normalized spacial score (nSPS) is 11.4. The van der Waals surface area contributed by atoms with E-state index < -0.39 is 17.7 Å². The third-order valence-corrected chi connectivity index (χ3v) is 1.89. The summed E-state index contributed by atoms with van der Waals surface area (Å²) in [6.45, 7) is 8.79. The smallest absolute Gasteiger partial charge is 0.419 e. The molecule has 0 saturated carbocycles. The predicted molar refractivity (Wildman–Crippen MR) is 66.6 cm³/mol. The first-order valence-electron chi connectivity index (χ1n) is 5.82. The van der Waals surface area contributed by atoms with Crippen molar-refractivity contribution < 1.29 is 19.1 Å². The number of carbonyl (C=O) groups is 2. The molecule has 0 bridgehead atoms. The molecule has 5 heteroatoms. The Morgan fingerprint density at radius 1 is 1.28 bits per heavy atom. The Labute approximate surface area is 107 Å². The summed E-state index contributed by atoms with van der Waals surface area (Å²) < 4.78 is 11.4. The van der Waals surface area contributed by atoms with Gasteiger partial charge in [0.25, 0.3) is 0 Å². The molecule has 0 aliphatic heterocycles. The molecule has 18 heavy (non-hydrogen) atoms. The lowest BCUT2D eigenvalue weighted by molar-refractivity contribution is 0.0338. The molecule has 5 nitrogen and oxygen atoms in total. The average molecular weight is 253 g/mol. The summed E-state index contributed by atoms with van der Waals surface area (Å²) in [4.78, 5) is 23.6. The van der Waals surface area contributed by atoms with Gasteiger partial charge in [-0.25, -0.2) is 14.2 Å². The van der Waals surface area contributed by atoms with Crippen molar-refractivity contribution in [2.24, 2.45) is 0 Å². The van der Waals surface area contributed by atoms with Crippen LogP contribution < -0.4 is 0 Å². The van der Waals surface area contributed by atoms with Crippen LogP contribution in [0, 0.1) is 0 Å². The maximum atomic E-state index is 11.9. The van der Waals surface area contributed by atoms with Gasteiger partial charge in [-0.2, -0.15) is 0 Å². The highest BCUT2D eigenvalue weighted by atomic mass is 16.6. The summed E-state index contributed by atoms with van der Waals surface area (Å²) in [5.41, 5.74) is -0.446. The standard InChI is InChI=1S/C13H19NO4/c1-9(2)17-11(15)10-7-6-8-14(10)12(16)18-13(3,4)5/h6-9H,1-5H3. The zero-order chi connectivity index (χ0) is 13.9. The molecule has 1 rings (SSSR count). The molecule has 0 spiro atoms. The van der Waals surface area contributed by atoms with Gasteiger partial charge in [-0.1, -0.05) is 0 Å². The van der Waals surface area contributed by atoms with Crippen molar-refractivity contribution in [1.29, 1.82) is 0 Å². The van der Waals surface area contributed by atoms with Crippen LogP contribution in [0.2, 0.25) is 0 Å². The van der Waals surface area contributed by atoms with E-state index in [0.717, 1.165) is 4.57 Å². The highest BCUT2D eigenvalue weighted by Gasteiger charge is 2.22. The van der Waals surface area contributed by atoms with Gasteiger partial charge in [0.1, 0.15) is 11.3 Å². The molecule has 0 saturated heterocycles. The van der Waals surface area contributed by atoms with Gasteiger partial charge in [0.15, 0.2) is 0 Å². The van der Waals surface area contributed by atoms with Crippen LogP contribution in [-0.2, 0) is 9.47 Å². The van der Waals surface area contributed by atoms with Gasteiger partial charge in [0.05, 0.1) is 6.10 Å². The second-order valence-corrected chi connectivity index (χ2v) is 5.20. The van der Waals surface area contributed by atoms with Gasteiger partial charge >= 0.3 is 12.1 Å². The molecule has 0 aliphatic carbocycles. The van der Waals surface area contributed by atoms with Crippen molar-refractivity contribution in [3.05, 3.63) is 24.0 Å². The summed E-state index contributed by atoms with van der Waals surface area (Å²) in [5, 5.41) is 0. The lowest BCUT2D eigenvalue weighted by Gasteiger charge is -2.20. The van der Waals surface area contributed by atoms with Gasteiger partial charge in [0, 0.05) is 6.20 Å². The Hall–Kier alpha value is -1.78. The molecule has 0 aromatic carbocycles. The number of carbonyl (C=O) groups excluding carboxylic acids is 2. The molecular formula is C13H19NO4. The minimum absolute atomic E-state index is 0.165. The van der Waals surface area contributed by atoms with Gasteiger partial charge in [-0.3, -0.25) is 0 Å². The molecule has 0 amide bonds. The highest BCUT2D eigenvalue weighted by Crippen LogP contribution is 2.12. The molecule has 1 aromatic heterocycles. The maximum absolute atomic E-state index is 11.9. The van der Waals surface area contributed by atoms with Crippen LogP contribution in [0.3, 0.4) is 0 Å². The fourth-order valence-corrected chi connectivity index (χ4v) is 1.29. The summed E-state index contributed by atoms with van der Waals surface area (Å²) in [6, 6.07) is 3.12. The lowest BCUT2D eigenvalue weighted by Crippen LogP contribution is -2.29. The molecular weight excluding hydrogens is 234 g/mol. The quantitative estimate of drug-likeness (QED) is 0.760. The average Bonchev–Trinajstić information content (AvgIpc) is 2.61. The number of aromatic nitrogens is 1. The van der Waals surface area contributed by atoms with Gasteiger partial charge in [-0.05, 0) is 46.8 Å². The molecule has 0 unspecified atom stereocenters. The largest absolute Gasteiger partial charge is 0.458 e. The molecule has 1 aromatic rings. The van der Waals surface area contributed by atoms with Crippen LogP contribution in [0.5, 0.6) is 0 Å². The first kappa shape index (κ1) is 14.3. The Kier molecular flexibility index (Phi) is 4.16. The summed E-state index contributed by atoms with van der Waals surface area (Å²) in [5.74, 6) is -0.541. The Morgan fingerprint density at radius 2 is 1.89 bits per heavy atom. The number of hydrogen-bond donors (Lipinski definition) is 0. The van der Waals surface area contributed by atoms with Crippen molar-refractivity contribution in [2.45, 2.75) is 46.3 Å². The Bertz CT molecular complexity index is 440. The van der Waals surface area contributed by atoms with Crippen LogP contribution >= 0.6 is 0 Å². The van der Waals surface area contributed by atoms with E-state index in [2.05, 4.69) is 0 Å². The van der Waals surface area contributed by atoms with E-state index in [0.29, 0.717) is 0 Å². The van der Waals surface area contributed by atoms with Gasteiger partial charge in [0.2, 0.25) is 0 Å². The molecule has 0 radical (unpaired) electrons. The summed E-state index contributed by atoms with van der Waals surface area (Å²) in [7, 11) is 0. The van der Waals surface area contributed by atoms with Crippen molar-refractivity contribution >= 4 is 12.1 Å². The van der Waals surface area contributed by atoms with Crippen LogP contribution in [0.1, 0.15) is 45.1 Å². The zero-order valence-electron chi connectivity index (χ0n) is 11.4. The van der Waals surface area contributed by atoms with E-state index >= 15 is 0 Å². The lowest BCUT2D eigenvalue weighted by atomic mass is 10.2. The number of hydrogen-bond acceptors (Lipinski definition) is 4. The highest BCUT2D eigenvalue weighted by molar-refractivity contribution is 5.92. The molecule has 0 fully saturated rings. The minimum Gasteiger partial charge on any atom is -0.458 e. The van der Waals surface area contributed by atoms with E-state index in [1.165, 1.54) is 12.3 Å². The monoisotopic (exact) mass is 253 g/mol. The first-order chi connectivity index (χ1) is 8.20. The second-order valence-electron chi connectivity index (χ2n) is 5.20. The van der Waals surface area contributed by atoms with Gasteiger partial charge in [-0.15, -0.1) is 0 Å². The third-order valence-electron chi connectivity index (χ3n) is 1.89. The summed E-state index contributed by atoms with van der Waals surface area (Å²) in [6.07, 6.45) is 0.646. The molecule has 1 heterocycles. The third kappa shape index (κ3) is 3.91. The fourth-order valence-electron chi connectivity index (χ4n) is 1.29. The van der Waals surface area contributed by atoms with Crippen molar-refractivity contribution in [3.8, 4) is 0 Å². The SMILES string of the molecule is CC(C)OC(=O)c1cccn1C(=O)OC(C)(C)C. The number of nitrogens with zero attached hydrogens (tertiary/aromatic N) is 1. The number of esters is 1. The van der Waals surface area contributed by atoms with E-state index in [4.69, 9.17) is 9.47 Å². The summed E-state index contributed by atoms with van der Waals surface area (Å²) >= 11 is 0. The Balaban J connectivity index is 2.89. The molecule has 0 aliphatic rings. The van der Waals surface area contributed by atoms with E-state index in [9.17, 15) is 9.59 Å². The van der Waals surface area contributed by atoms with Gasteiger partial charge < -0.3 is 9.47 Å². The fraction of sp³-hybridized carbons (Fsp3) is 0.538. The van der Waals surface area contributed by atoms with Crippen molar-refractivity contribution in [2.75, 3.05) is 0 Å². The van der Waals surface area contributed by atoms with Crippen LogP contribution in [0.4, 0.5) is 4.79 Å².